The van der Waals surface area contributed by atoms with Gasteiger partial charge in [0.05, 0.1) is 17.8 Å². The minimum absolute atomic E-state index is 0.190. The lowest BCUT2D eigenvalue weighted by atomic mass is 10.1. The standard InChI is InChI=1S/C15H17FN2O2S/c1-2-3-14-17-8-13(21-14)15(20)18-7-10-4-5-12(16)11(6-10)9-19/h4-6,8,19H,2-3,7,9H2,1H3,(H,18,20). The van der Waals surface area contributed by atoms with E-state index in [1.807, 2.05) is 0 Å². The SMILES string of the molecule is CCCc1ncc(C(=O)NCc2ccc(F)c(CO)c2)s1. The summed E-state index contributed by atoms with van der Waals surface area (Å²) in [5, 5.41) is 12.7. The molecule has 0 saturated heterocycles. The summed E-state index contributed by atoms with van der Waals surface area (Å²) in [6.07, 6.45) is 3.44. The monoisotopic (exact) mass is 308 g/mol. The third kappa shape index (κ3) is 4.09. The van der Waals surface area contributed by atoms with Gasteiger partial charge < -0.3 is 10.4 Å². The Balaban J connectivity index is 1.97. The highest BCUT2D eigenvalue weighted by Gasteiger charge is 2.10. The number of rotatable bonds is 6. The molecule has 0 bridgehead atoms. The third-order valence-electron chi connectivity index (χ3n) is 2.97. The number of nitrogens with zero attached hydrogens (tertiary/aromatic N) is 1. The molecule has 0 atom stereocenters. The number of thiazole rings is 1. The van der Waals surface area contributed by atoms with Crippen molar-refractivity contribution < 1.29 is 14.3 Å². The van der Waals surface area contributed by atoms with Crippen LogP contribution in [0.25, 0.3) is 0 Å². The molecular weight excluding hydrogens is 291 g/mol. The molecule has 0 fully saturated rings. The Labute approximate surface area is 126 Å². The first kappa shape index (κ1) is 15.6. The van der Waals surface area contributed by atoms with E-state index >= 15 is 0 Å². The number of benzene rings is 1. The molecule has 112 valence electrons. The van der Waals surface area contributed by atoms with E-state index in [4.69, 9.17) is 5.11 Å². The summed E-state index contributed by atoms with van der Waals surface area (Å²) in [6.45, 7) is 1.99. The van der Waals surface area contributed by atoms with Crippen LogP contribution in [0.1, 0.15) is 39.2 Å². The molecule has 0 spiro atoms. The number of aryl methyl sites for hydroxylation is 1. The second-order valence-corrected chi connectivity index (χ2v) is 5.75. The Kier molecular flexibility index (Phi) is 5.41. The molecule has 6 heteroatoms. The fourth-order valence-corrected chi connectivity index (χ4v) is 2.81. The predicted molar refractivity (Wildman–Crippen MR) is 79.6 cm³/mol. The van der Waals surface area contributed by atoms with Gasteiger partial charge in [0, 0.05) is 12.1 Å². The van der Waals surface area contributed by atoms with E-state index in [2.05, 4.69) is 17.2 Å². The molecule has 0 saturated carbocycles. The van der Waals surface area contributed by atoms with Crippen molar-refractivity contribution in [3.05, 3.63) is 51.2 Å². The van der Waals surface area contributed by atoms with Crippen molar-refractivity contribution in [1.29, 1.82) is 0 Å². The molecule has 0 unspecified atom stereocenters. The maximum Gasteiger partial charge on any atom is 0.263 e. The Morgan fingerprint density at radius 3 is 3.00 bits per heavy atom. The number of hydrogen-bond acceptors (Lipinski definition) is 4. The molecule has 0 radical (unpaired) electrons. The van der Waals surface area contributed by atoms with E-state index in [1.54, 1.807) is 18.3 Å². The largest absolute Gasteiger partial charge is 0.392 e. The van der Waals surface area contributed by atoms with Gasteiger partial charge in [-0.05, 0) is 30.5 Å². The zero-order chi connectivity index (χ0) is 15.2. The number of nitrogens with one attached hydrogen (secondary N) is 1. The maximum absolute atomic E-state index is 13.3. The normalized spacial score (nSPS) is 10.6. The van der Waals surface area contributed by atoms with Crippen LogP contribution in [0, 0.1) is 5.82 Å². The molecule has 2 rings (SSSR count). The van der Waals surface area contributed by atoms with Crippen LogP contribution in [-0.2, 0) is 19.6 Å². The Morgan fingerprint density at radius 1 is 1.48 bits per heavy atom. The number of amides is 1. The van der Waals surface area contributed by atoms with Crippen LogP contribution in [0.5, 0.6) is 0 Å². The van der Waals surface area contributed by atoms with Crippen molar-refractivity contribution >= 4 is 17.2 Å². The molecule has 0 aliphatic carbocycles. The molecular formula is C15H17FN2O2S. The van der Waals surface area contributed by atoms with E-state index in [1.165, 1.54) is 17.4 Å². The zero-order valence-electron chi connectivity index (χ0n) is 11.7. The lowest BCUT2D eigenvalue weighted by Gasteiger charge is -2.06. The lowest BCUT2D eigenvalue weighted by Crippen LogP contribution is -2.21. The van der Waals surface area contributed by atoms with Gasteiger partial charge in [0.2, 0.25) is 0 Å². The van der Waals surface area contributed by atoms with Gasteiger partial charge in [0.1, 0.15) is 10.7 Å². The molecule has 1 aromatic carbocycles. The van der Waals surface area contributed by atoms with Crippen LogP contribution in [0.2, 0.25) is 0 Å². The van der Waals surface area contributed by atoms with E-state index in [0.717, 1.165) is 23.4 Å². The number of carbonyl (C=O) groups is 1. The van der Waals surface area contributed by atoms with Gasteiger partial charge >= 0.3 is 0 Å². The lowest BCUT2D eigenvalue weighted by molar-refractivity contribution is 0.0954. The summed E-state index contributed by atoms with van der Waals surface area (Å²) in [6, 6.07) is 4.42. The minimum Gasteiger partial charge on any atom is -0.392 e. The number of halogens is 1. The molecule has 1 aromatic heterocycles. The highest BCUT2D eigenvalue weighted by molar-refractivity contribution is 7.13. The maximum atomic E-state index is 13.3. The van der Waals surface area contributed by atoms with Gasteiger partial charge in [-0.2, -0.15) is 0 Å². The van der Waals surface area contributed by atoms with E-state index in [-0.39, 0.29) is 24.6 Å². The second kappa shape index (κ2) is 7.28. The first-order chi connectivity index (χ1) is 10.1. The summed E-state index contributed by atoms with van der Waals surface area (Å²) in [4.78, 5) is 16.8. The van der Waals surface area contributed by atoms with E-state index < -0.39 is 5.82 Å². The topological polar surface area (TPSA) is 62.2 Å². The molecule has 2 N–H and O–H groups in total. The molecule has 2 aromatic rings. The summed E-state index contributed by atoms with van der Waals surface area (Å²) in [5.74, 6) is -0.635. The van der Waals surface area contributed by atoms with Crippen molar-refractivity contribution in [2.24, 2.45) is 0 Å². The van der Waals surface area contributed by atoms with E-state index in [0.29, 0.717) is 4.88 Å². The van der Waals surface area contributed by atoms with Gasteiger partial charge in [-0.3, -0.25) is 4.79 Å². The number of aromatic nitrogens is 1. The van der Waals surface area contributed by atoms with Gasteiger partial charge in [-0.25, -0.2) is 9.37 Å². The smallest absolute Gasteiger partial charge is 0.263 e. The fourth-order valence-electron chi connectivity index (χ4n) is 1.87. The van der Waals surface area contributed by atoms with Crippen LogP contribution in [0.4, 0.5) is 4.39 Å². The van der Waals surface area contributed by atoms with Crippen molar-refractivity contribution in [3.63, 3.8) is 0 Å². The van der Waals surface area contributed by atoms with Crippen molar-refractivity contribution in [3.8, 4) is 0 Å². The molecule has 21 heavy (non-hydrogen) atoms. The highest BCUT2D eigenvalue weighted by Crippen LogP contribution is 2.15. The number of carbonyl (C=O) groups excluding carboxylic acids is 1. The van der Waals surface area contributed by atoms with Gasteiger partial charge in [0.15, 0.2) is 0 Å². The Morgan fingerprint density at radius 2 is 2.29 bits per heavy atom. The highest BCUT2D eigenvalue weighted by atomic mass is 32.1. The van der Waals surface area contributed by atoms with Gasteiger partial charge in [-0.1, -0.05) is 13.0 Å². The molecule has 0 aliphatic rings. The minimum atomic E-state index is -0.445. The Bertz CT molecular complexity index is 628. The van der Waals surface area contributed by atoms with Crippen molar-refractivity contribution in [1.82, 2.24) is 10.3 Å². The quantitative estimate of drug-likeness (QED) is 0.862. The third-order valence-corrected chi connectivity index (χ3v) is 4.03. The predicted octanol–water partition coefficient (Wildman–Crippen LogP) is 2.66. The fraction of sp³-hybridized carbons (Fsp3) is 0.333. The first-order valence-corrected chi connectivity index (χ1v) is 7.56. The summed E-state index contributed by atoms with van der Waals surface area (Å²) in [7, 11) is 0. The summed E-state index contributed by atoms with van der Waals surface area (Å²) >= 11 is 1.39. The Hall–Kier alpha value is -1.79. The average Bonchev–Trinajstić information content (AvgIpc) is 2.95. The van der Waals surface area contributed by atoms with Crippen molar-refractivity contribution in [2.75, 3.05) is 0 Å². The van der Waals surface area contributed by atoms with Crippen LogP contribution >= 0.6 is 11.3 Å². The number of hydrogen-bond donors (Lipinski definition) is 2. The number of aliphatic hydroxyl groups excluding tert-OH is 1. The van der Waals surface area contributed by atoms with Crippen LogP contribution in [-0.4, -0.2) is 16.0 Å². The van der Waals surface area contributed by atoms with Crippen molar-refractivity contribution in [2.45, 2.75) is 32.9 Å². The number of aliphatic hydroxyl groups is 1. The van der Waals surface area contributed by atoms with E-state index in [9.17, 15) is 9.18 Å². The van der Waals surface area contributed by atoms with Crippen LogP contribution in [0.3, 0.4) is 0 Å². The summed E-state index contributed by atoms with van der Waals surface area (Å²) in [5.41, 5.74) is 0.969. The molecule has 1 amide bonds. The van der Waals surface area contributed by atoms with Gasteiger partial charge in [-0.15, -0.1) is 11.3 Å². The molecule has 0 aliphatic heterocycles. The average molecular weight is 308 g/mol. The van der Waals surface area contributed by atoms with Crippen LogP contribution in [0.15, 0.2) is 24.4 Å². The zero-order valence-corrected chi connectivity index (χ0v) is 12.5. The summed E-state index contributed by atoms with van der Waals surface area (Å²) < 4.78 is 13.3. The van der Waals surface area contributed by atoms with Gasteiger partial charge in [0.25, 0.3) is 5.91 Å². The van der Waals surface area contributed by atoms with Crippen LogP contribution < -0.4 is 5.32 Å². The molecule has 4 nitrogen and oxygen atoms in total. The molecule has 1 heterocycles. The second-order valence-electron chi connectivity index (χ2n) is 4.63. The first-order valence-electron chi connectivity index (χ1n) is 6.75.